The van der Waals surface area contributed by atoms with E-state index in [1.54, 1.807) is 27.7 Å². The van der Waals surface area contributed by atoms with Crippen molar-refractivity contribution >= 4 is 17.7 Å². The van der Waals surface area contributed by atoms with Gasteiger partial charge < -0.3 is 9.47 Å². The summed E-state index contributed by atoms with van der Waals surface area (Å²) in [6.45, 7) is 6.75. The largest absolute Gasteiger partial charge is 0.456 e. The van der Waals surface area contributed by atoms with Crippen LogP contribution in [0.15, 0.2) is 42.0 Å². The highest BCUT2D eigenvalue weighted by atomic mass is 16.6. The Hall–Kier alpha value is -2.87. The van der Waals surface area contributed by atoms with Crippen LogP contribution in [0.3, 0.4) is 0 Å². The lowest BCUT2D eigenvalue weighted by Gasteiger charge is -2.29. The summed E-state index contributed by atoms with van der Waals surface area (Å²) in [4.78, 5) is 36.9. The summed E-state index contributed by atoms with van der Waals surface area (Å²) < 4.78 is 10.5. The minimum atomic E-state index is -1.06. The van der Waals surface area contributed by atoms with Crippen LogP contribution in [0, 0.1) is 17.3 Å². The van der Waals surface area contributed by atoms with Crippen LogP contribution in [0.5, 0.6) is 0 Å². The van der Waals surface area contributed by atoms with Crippen molar-refractivity contribution in [3.8, 4) is 11.8 Å². The lowest BCUT2D eigenvalue weighted by molar-refractivity contribution is -0.152. The predicted octanol–water partition coefficient (Wildman–Crippen LogP) is 3.22. The van der Waals surface area contributed by atoms with Gasteiger partial charge >= 0.3 is 11.9 Å². The molecule has 0 saturated heterocycles. The lowest BCUT2D eigenvalue weighted by atomic mass is 9.77. The Morgan fingerprint density at radius 2 is 1.85 bits per heavy atom. The SMILES string of the molecule is CC(C)(C)OC(=O)C1=CC(C)(C(=O)OCC#Cc2ccccc2)CCC1=O. The molecule has 1 aromatic carbocycles. The minimum Gasteiger partial charge on any atom is -0.456 e. The van der Waals surface area contributed by atoms with Crippen molar-refractivity contribution < 1.29 is 23.9 Å². The van der Waals surface area contributed by atoms with E-state index in [1.165, 1.54) is 6.08 Å². The van der Waals surface area contributed by atoms with Gasteiger partial charge in [-0.25, -0.2) is 4.79 Å². The summed E-state index contributed by atoms with van der Waals surface area (Å²) in [5, 5.41) is 0. The molecule has 0 bridgehead atoms. The molecule has 1 aliphatic rings. The fourth-order valence-corrected chi connectivity index (χ4v) is 2.57. The standard InChI is InChI=1S/C22H24O5/c1-21(2,3)27-19(24)17-15-22(4,13-12-18(17)23)20(25)26-14-8-11-16-9-6-5-7-10-16/h5-7,9-10,15H,12-14H2,1-4H3. The fourth-order valence-electron chi connectivity index (χ4n) is 2.57. The third-order valence-corrected chi connectivity index (χ3v) is 4.00. The van der Waals surface area contributed by atoms with Gasteiger partial charge in [-0.2, -0.15) is 0 Å². The van der Waals surface area contributed by atoms with Crippen molar-refractivity contribution in [3.05, 3.63) is 47.5 Å². The number of esters is 2. The van der Waals surface area contributed by atoms with Crippen molar-refractivity contribution in [1.82, 2.24) is 0 Å². The molecule has 1 aromatic rings. The van der Waals surface area contributed by atoms with Gasteiger partial charge in [0.2, 0.25) is 0 Å². The van der Waals surface area contributed by atoms with Crippen LogP contribution < -0.4 is 0 Å². The number of ether oxygens (including phenoxy) is 2. The molecule has 0 radical (unpaired) electrons. The maximum Gasteiger partial charge on any atom is 0.341 e. The van der Waals surface area contributed by atoms with Crippen LogP contribution in [0.1, 0.15) is 46.1 Å². The molecular formula is C22H24O5. The zero-order valence-corrected chi connectivity index (χ0v) is 16.1. The summed E-state index contributed by atoms with van der Waals surface area (Å²) in [5.74, 6) is 4.15. The van der Waals surface area contributed by atoms with Gasteiger partial charge in [-0.3, -0.25) is 9.59 Å². The molecule has 142 valence electrons. The summed E-state index contributed by atoms with van der Waals surface area (Å²) >= 11 is 0. The zero-order chi connectivity index (χ0) is 20.1. The topological polar surface area (TPSA) is 69.7 Å². The number of hydrogen-bond acceptors (Lipinski definition) is 5. The molecule has 0 heterocycles. The first kappa shape index (κ1) is 20.4. The summed E-state index contributed by atoms with van der Waals surface area (Å²) in [6, 6.07) is 9.36. The highest BCUT2D eigenvalue weighted by molar-refractivity contribution is 6.18. The number of Topliss-reactive ketones (excluding diaryl/α,β-unsaturated/α-hetero) is 1. The highest BCUT2D eigenvalue weighted by Crippen LogP contribution is 2.34. The highest BCUT2D eigenvalue weighted by Gasteiger charge is 2.40. The Bertz CT molecular complexity index is 818. The number of hydrogen-bond donors (Lipinski definition) is 0. The summed E-state index contributed by atoms with van der Waals surface area (Å²) in [5.41, 5.74) is -1.05. The van der Waals surface area contributed by atoms with Crippen LogP contribution in [0.4, 0.5) is 0 Å². The monoisotopic (exact) mass is 368 g/mol. The zero-order valence-electron chi connectivity index (χ0n) is 16.1. The molecule has 0 fully saturated rings. The number of benzene rings is 1. The fraction of sp³-hybridized carbons (Fsp3) is 0.409. The van der Waals surface area contributed by atoms with Gasteiger partial charge in [0.25, 0.3) is 0 Å². The van der Waals surface area contributed by atoms with Crippen LogP contribution in [0.2, 0.25) is 0 Å². The van der Waals surface area contributed by atoms with Gasteiger partial charge in [0.15, 0.2) is 12.4 Å². The average Bonchev–Trinajstić information content (AvgIpc) is 2.60. The third-order valence-electron chi connectivity index (χ3n) is 4.00. The lowest BCUT2D eigenvalue weighted by Crippen LogP contribution is -2.36. The second-order valence-corrected chi connectivity index (χ2v) is 7.64. The van der Waals surface area contributed by atoms with Crippen molar-refractivity contribution in [2.45, 2.75) is 46.1 Å². The molecule has 0 saturated carbocycles. The Labute approximate surface area is 159 Å². The molecule has 2 rings (SSSR count). The van der Waals surface area contributed by atoms with E-state index in [0.29, 0.717) is 0 Å². The smallest absolute Gasteiger partial charge is 0.341 e. The normalized spacial score (nSPS) is 19.4. The van der Waals surface area contributed by atoms with Crippen molar-refractivity contribution in [2.75, 3.05) is 6.61 Å². The van der Waals surface area contributed by atoms with Gasteiger partial charge in [-0.1, -0.05) is 30.0 Å². The average molecular weight is 368 g/mol. The molecule has 1 atom stereocenters. The third kappa shape index (κ3) is 5.82. The molecule has 0 aliphatic heterocycles. The summed E-state index contributed by atoms with van der Waals surface area (Å²) in [6.07, 6.45) is 1.75. The molecule has 0 N–H and O–H groups in total. The Kier molecular flexibility index (Phi) is 6.22. The first-order chi connectivity index (χ1) is 12.6. The molecule has 5 heteroatoms. The maximum atomic E-state index is 12.5. The first-order valence-corrected chi connectivity index (χ1v) is 8.81. The Morgan fingerprint density at radius 1 is 1.19 bits per heavy atom. The van der Waals surface area contributed by atoms with E-state index in [4.69, 9.17) is 9.47 Å². The van der Waals surface area contributed by atoms with Gasteiger partial charge in [0, 0.05) is 12.0 Å². The van der Waals surface area contributed by atoms with Gasteiger partial charge in [0.05, 0.1) is 11.0 Å². The van der Waals surface area contributed by atoms with Crippen LogP contribution in [-0.4, -0.2) is 29.9 Å². The van der Waals surface area contributed by atoms with E-state index < -0.39 is 23.0 Å². The van der Waals surface area contributed by atoms with Crippen LogP contribution in [0.25, 0.3) is 0 Å². The number of ketones is 1. The molecular weight excluding hydrogens is 344 g/mol. The van der Waals surface area contributed by atoms with E-state index >= 15 is 0 Å². The van der Waals surface area contributed by atoms with Crippen molar-refractivity contribution in [3.63, 3.8) is 0 Å². The molecule has 0 spiro atoms. The molecule has 1 aliphatic carbocycles. The molecule has 0 aromatic heterocycles. The van der Waals surface area contributed by atoms with Crippen molar-refractivity contribution in [2.24, 2.45) is 5.41 Å². The van der Waals surface area contributed by atoms with E-state index in [2.05, 4.69) is 11.8 Å². The van der Waals surface area contributed by atoms with Gasteiger partial charge in [0.1, 0.15) is 5.60 Å². The van der Waals surface area contributed by atoms with E-state index in [9.17, 15) is 14.4 Å². The molecule has 5 nitrogen and oxygen atoms in total. The van der Waals surface area contributed by atoms with E-state index in [0.717, 1.165) is 5.56 Å². The van der Waals surface area contributed by atoms with E-state index in [-0.39, 0.29) is 30.8 Å². The van der Waals surface area contributed by atoms with Crippen LogP contribution in [-0.2, 0) is 23.9 Å². The number of rotatable bonds is 3. The van der Waals surface area contributed by atoms with Gasteiger partial charge in [-0.05, 0) is 52.3 Å². The number of carbonyl (C=O) groups is 3. The van der Waals surface area contributed by atoms with Crippen molar-refractivity contribution in [1.29, 1.82) is 0 Å². The first-order valence-electron chi connectivity index (χ1n) is 8.81. The molecule has 27 heavy (non-hydrogen) atoms. The van der Waals surface area contributed by atoms with Crippen LogP contribution >= 0.6 is 0 Å². The maximum absolute atomic E-state index is 12.5. The number of carbonyl (C=O) groups excluding carboxylic acids is 3. The van der Waals surface area contributed by atoms with Gasteiger partial charge in [-0.15, -0.1) is 0 Å². The molecule has 1 unspecified atom stereocenters. The molecule has 0 amide bonds. The minimum absolute atomic E-state index is 0.0626. The Balaban J connectivity index is 2.06. The quantitative estimate of drug-likeness (QED) is 0.465. The Morgan fingerprint density at radius 3 is 2.48 bits per heavy atom. The second-order valence-electron chi connectivity index (χ2n) is 7.64. The van der Waals surface area contributed by atoms with E-state index in [1.807, 2.05) is 30.3 Å². The summed E-state index contributed by atoms with van der Waals surface area (Å²) in [7, 11) is 0. The second kappa shape index (κ2) is 8.22. The predicted molar refractivity (Wildman–Crippen MR) is 101 cm³/mol.